The third-order valence-electron chi connectivity index (χ3n) is 7.42. The maximum absolute atomic E-state index is 13.6. The Balaban J connectivity index is 1.67. The zero-order valence-corrected chi connectivity index (χ0v) is 20.6. The van der Waals surface area contributed by atoms with Crippen LogP contribution in [0, 0.1) is 18.3 Å². The van der Waals surface area contributed by atoms with Crippen LogP contribution in [-0.4, -0.2) is 65.0 Å². The summed E-state index contributed by atoms with van der Waals surface area (Å²) in [5.74, 6) is 0.791. The number of hydrogen-bond acceptors (Lipinski definition) is 5. The van der Waals surface area contributed by atoms with E-state index in [1.165, 1.54) is 11.1 Å². The van der Waals surface area contributed by atoms with Crippen LogP contribution in [0.4, 0.5) is 5.82 Å². The number of allylic oxidation sites excluding steroid dienone is 1. The zero-order chi connectivity index (χ0) is 24.5. The lowest BCUT2D eigenvalue weighted by Gasteiger charge is -2.33. The van der Waals surface area contributed by atoms with Crippen LogP contribution >= 0.6 is 0 Å². The number of piperazine rings is 1. The smallest absolute Gasteiger partial charge is 0.272 e. The average Bonchev–Trinajstić information content (AvgIpc) is 3.14. The van der Waals surface area contributed by atoms with Crippen molar-refractivity contribution < 1.29 is 4.79 Å². The number of aromatic nitrogens is 2. The van der Waals surface area contributed by atoms with Gasteiger partial charge in [0.2, 0.25) is 0 Å². The van der Waals surface area contributed by atoms with Crippen LogP contribution in [0.3, 0.4) is 0 Å². The van der Waals surface area contributed by atoms with Gasteiger partial charge in [0.05, 0.1) is 18.0 Å². The molecule has 1 saturated heterocycles. The third kappa shape index (κ3) is 4.19. The summed E-state index contributed by atoms with van der Waals surface area (Å²) >= 11 is 0. The van der Waals surface area contributed by atoms with Gasteiger partial charge in [0.25, 0.3) is 5.91 Å². The number of likely N-dealkylation sites (N-methyl/N-ethyl adjacent to an activating group) is 1. The van der Waals surface area contributed by atoms with Crippen LogP contribution in [-0.2, 0) is 25.9 Å². The van der Waals surface area contributed by atoms with Crippen molar-refractivity contribution in [3.05, 3.63) is 71.1 Å². The highest BCUT2D eigenvalue weighted by Crippen LogP contribution is 2.36. The van der Waals surface area contributed by atoms with Crippen molar-refractivity contribution in [2.24, 2.45) is 0 Å². The number of benzene rings is 1. The number of nitriles is 1. The lowest BCUT2D eigenvalue weighted by molar-refractivity contribution is 0.0658. The number of carbonyl (C=O) groups excluding carboxylic acids is 1. The maximum atomic E-state index is 13.6. The van der Waals surface area contributed by atoms with Gasteiger partial charge < -0.3 is 19.3 Å². The molecular weight excluding hydrogens is 436 g/mol. The zero-order valence-electron chi connectivity index (χ0n) is 20.6. The van der Waals surface area contributed by atoms with Gasteiger partial charge in [-0.25, -0.2) is 4.98 Å². The Morgan fingerprint density at radius 3 is 2.63 bits per heavy atom. The molecule has 7 heteroatoms. The van der Waals surface area contributed by atoms with Crippen molar-refractivity contribution in [3.8, 4) is 6.07 Å². The van der Waals surface area contributed by atoms with Gasteiger partial charge in [-0.3, -0.25) is 4.79 Å². The van der Waals surface area contributed by atoms with Gasteiger partial charge in [-0.15, -0.1) is 6.58 Å². The summed E-state index contributed by atoms with van der Waals surface area (Å²) in [6, 6.07) is 12.8. The summed E-state index contributed by atoms with van der Waals surface area (Å²) in [7, 11) is 2.08. The molecule has 7 nitrogen and oxygen atoms in total. The molecule has 35 heavy (non-hydrogen) atoms. The van der Waals surface area contributed by atoms with Gasteiger partial charge in [0, 0.05) is 56.9 Å². The first-order valence-electron chi connectivity index (χ1n) is 12.3. The van der Waals surface area contributed by atoms with Crippen molar-refractivity contribution >= 4 is 22.6 Å². The van der Waals surface area contributed by atoms with E-state index in [2.05, 4.69) is 58.3 Å². The van der Waals surface area contributed by atoms with E-state index < -0.39 is 0 Å². The number of pyridine rings is 1. The molecule has 0 radical (unpaired) electrons. The topological polar surface area (TPSA) is 68.4 Å². The van der Waals surface area contributed by atoms with Gasteiger partial charge in [-0.1, -0.05) is 30.3 Å². The van der Waals surface area contributed by atoms with Gasteiger partial charge in [0.1, 0.15) is 5.69 Å². The Kier molecular flexibility index (Phi) is 6.31. The van der Waals surface area contributed by atoms with Crippen LogP contribution < -0.4 is 4.90 Å². The van der Waals surface area contributed by atoms with Crippen molar-refractivity contribution in [1.29, 1.82) is 5.26 Å². The number of rotatable bonds is 5. The molecule has 5 rings (SSSR count). The molecule has 1 fully saturated rings. The van der Waals surface area contributed by atoms with Crippen molar-refractivity contribution in [3.63, 3.8) is 0 Å². The summed E-state index contributed by atoms with van der Waals surface area (Å²) in [6.45, 7) is 11.3. The monoisotopic (exact) mass is 468 g/mol. The highest BCUT2D eigenvalue weighted by atomic mass is 16.2. The Hall–Kier alpha value is -3.63. The van der Waals surface area contributed by atoms with Crippen molar-refractivity contribution in [2.75, 3.05) is 44.7 Å². The Bertz CT molecular complexity index is 1330. The van der Waals surface area contributed by atoms with E-state index in [0.717, 1.165) is 60.6 Å². The lowest BCUT2D eigenvalue weighted by Crippen LogP contribution is -2.47. The minimum Gasteiger partial charge on any atom is -0.350 e. The van der Waals surface area contributed by atoms with Crippen LogP contribution in [0.15, 0.2) is 43.0 Å². The van der Waals surface area contributed by atoms with Crippen LogP contribution in [0.2, 0.25) is 0 Å². The van der Waals surface area contributed by atoms with Crippen molar-refractivity contribution in [1.82, 2.24) is 19.4 Å². The molecule has 180 valence electrons. The van der Waals surface area contributed by atoms with E-state index >= 15 is 0 Å². The highest BCUT2D eigenvalue weighted by Gasteiger charge is 2.28. The minimum atomic E-state index is -0.0318. The van der Waals surface area contributed by atoms with Gasteiger partial charge in [-0.05, 0) is 43.1 Å². The molecule has 0 unspecified atom stereocenters. The summed E-state index contributed by atoms with van der Waals surface area (Å²) in [5.41, 5.74) is 6.12. The summed E-state index contributed by atoms with van der Waals surface area (Å²) in [6.07, 6.45) is 3.10. The largest absolute Gasteiger partial charge is 0.350 e. The second-order valence-corrected chi connectivity index (χ2v) is 9.56. The molecule has 4 heterocycles. The second-order valence-electron chi connectivity index (χ2n) is 9.56. The molecule has 0 bridgehead atoms. The molecule has 0 spiro atoms. The lowest BCUT2D eigenvalue weighted by atomic mass is 9.99. The molecule has 1 aromatic carbocycles. The minimum absolute atomic E-state index is 0.0318. The number of carbonyl (C=O) groups is 1. The first-order chi connectivity index (χ1) is 17.0. The predicted octanol–water partition coefficient (Wildman–Crippen LogP) is 3.55. The molecule has 2 aliphatic heterocycles. The van der Waals surface area contributed by atoms with Gasteiger partial charge in [0.15, 0.2) is 5.82 Å². The molecule has 0 atom stereocenters. The molecule has 2 aromatic heterocycles. The first kappa shape index (κ1) is 23.1. The second kappa shape index (κ2) is 9.55. The number of anilines is 1. The Morgan fingerprint density at radius 1 is 1.17 bits per heavy atom. The standard InChI is InChI=1S/C28H32N6O/c1-4-12-34-20(2)23(9-11-29)24-18-25(28(35)32-16-14-31(3)15-17-32)30-27(26(24)34)33-13-10-21-7-5-6-8-22(21)19-33/h4-8,18H,1,9-10,12-17,19H2,2-3H3. The predicted molar refractivity (Wildman–Crippen MR) is 139 cm³/mol. The SMILES string of the molecule is C=CCn1c(C)c(CC#N)c2cc(C(=O)N3CCN(C)CC3)nc(N3CCc4ccccc4C3)c21. The quantitative estimate of drug-likeness (QED) is 0.536. The highest BCUT2D eigenvalue weighted by molar-refractivity contribution is 6.01. The molecule has 0 N–H and O–H groups in total. The fourth-order valence-corrected chi connectivity index (χ4v) is 5.38. The summed E-state index contributed by atoms with van der Waals surface area (Å²) in [5, 5.41) is 10.5. The maximum Gasteiger partial charge on any atom is 0.272 e. The molecule has 0 aliphatic carbocycles. The van der Waals surface area contributed by atoms with Crippen molar-refractivity contribution in [2.45, 2.75) is 32.9 Å². The first-order valence-corrected chi connectivity index (χ1v) is 12.3. The number of nitrogens with zero attached hydrogens (tertiary/aromatic N) is 6. The molecule has 0 saturated carbocycles. The molecule has 3 aromatic rings. The van der Waals surface area contributed by atoms with E-state index in [1.54, 1.807) is 0 Å². The summed E-state index contributed by atoms with van der Waals surface area (Å²) in [4.78, 5) is 25.1. The van der Waals surface area contributed by atoms with E-state index in [4.69, 9.17) is 4.98 Å². The van der Waals surface area contributed by atoms with E-state index in [-0.39, 0.29) is 5.91 Å². The van der Waals surface area contributed by atoms with Gasteiger partial charge in [-0.2, -0.15) is 5.26 Å². The molecular formula is C28H32N6O. The van der Waals surface area contributed by atoms with E-state index in [1.807, 2.05) is 24.0 Å². The Labute approximate surface area is 206 Å². The van der Waals surface area contributed by atoms with E-state index in [0.29, 0.717) is 31.7 Å². The number of fused-ring (bicyclic) bond motifs is 2. The fourth-order valence-electron chi connectivity index (χ4n) is 5.38. The van der Waals surface area contributed by atoms with Crippen LogP contribution in [0.1, 0.15) is 32.9 Å². The normalized spacial score (nSPS) is 16.3. The van der Waals surface area contributed by atoms with Crippen LogP contribution in [0.5, 0.6) is 0 Å². The average molecular weight is 469 g/mol. The Morgan fingerprint density at radius 2 is 1.91 bits per heavy atom. The van der Waals surface area contributed by atoms with Gasteiger partial charge >= 0.3 is 0 Å². The molecule has 1 amide bonds. The third-order valence-corrected chi connectivity index (χ3v) is 7.42. The fraction of sp³-hybridized carbons (Fsp3) is 0.393. The molecule has 2 aliphatic rings. The number of amides is 1. The summed E-state index contributed by atoms with van der Waals surface area (Å²) < 4.78 is 2.20. The van der Waals surface area contributed by atoms with Crippen LogP contribution in [0.25, 0.3) is 10.9 Å². The van der Waals surface area contributed by atoms with E-state index in [9.17, 15) is 10.1 Å². The number of hydrogen-bond donors (Lipinski definition) is 0.